The number of carboxylic acids is 1. The van der Waals surface area contributed by atoms with Crippen molar-refractivity contribution in [3.05, 3.63) is 39.7 Å². The number of piperazine rings is 1. The van der Waals surface area contributed by atoms with Crippen LogP contribution in [-0.2, 0) is 6.54 Å². The van der Waals surface area contributed by atoms with Gasteiger partial charge in [0.15, 0.2) is 5.82 Å². The molecule has 1 aromatic heterocycles. The molecule has 9 heteroatoms. The van der Waals surface area contributed by atoms with Gasteiger partial charge in [-0.15, -0.1) is 0 Å². The van der Waals surface area contributed by atoms with E-state index in [0.717, 1.165) is 16.8 Å². The summed E-state index contributed by atoms with van der Waals surface area (Å²) in [6, 6.07) is 0.833. The summed E-state index contributed by atoms with van der Waals surface area (Å²) in [4.78, 5) is 25.0. The first-order valence-corrected chi connectivity index (χ1v) is 7.75. The quantitative estimate of drug-likeness (QED) is 0.866. The lowest BCUT2D eigenvalue weighted by Crippen LogP contribution is -2.44. The van der Waals surface area contributed by atoms with Crippen LogP contribution in [0.3, 0.4) is 0 Å². The van der Waals surface area contributed by atoms with Crippen LogP contribution in [0, 0.1) is 11.6 Å². The summed E-state index contributed by atoms with van der Waals surface area (Å²) >= 11 is 0. The maximum atomic E-state index is 15.1. The van der Waals surface area contributed by atoms with Crippen molar-refractivity contribution in [3.8, 4) is 0 Å². The van der Waals surface area contributed by atoms with Crippen LogP contribution in [-0.4, -0.2) is 48.5 Å². The van der Waals surface area contributed by atoms with Crippen molar-refractivity contribution in [3.63, 3.8) is 0 Å². The number of nitrogens with one attached hydrogen (secondary N) is 1. The van der Waals surface area contributed by atoms with Crippen molar-refractivity contribution < 1.29 is 23.1 Å². The van der Waals surface area contributed by atoms with Crippen molar-refractivity contribution in [2.75, 3.05) is 37.8 Å². The number of fused-ring (bicyclic) bond motifs is 1. The van der Waals surface area contributed by atoms with Gasteiger partial charge in [-0.3, -0.25) is 4.79 Å². The third kappa shape index (κ3) is 2.95. The molecule has 0 saturated carbocycles. The highest BCUT2D eigenvalue weighted by molar-refractivity contribution is 5.93. The second-order valence-corrected chi connectivity index (χ2v) is 5.71. The zero-order valence-electron chi connectivity index (χ0n) is 13.2. The number of carbonyl (C=O) groups is 1. The number of anilines is 1. The second kappa shape index (κ2) is 6.75. The molecule has 1 aliphatic heterocycles. The SMILES string of the molecule is O=C(O)c1cn(CCF)c2c(F)c(N3CCNCC3)c(F)cc2c1=O. The average Bonchev–Trinajstić information content (AvgIpc) is 2.58. The molecule has 0 radical (unpaired) electrons. The van der Waals surface area contributed by atoms with Gasteiger partial charge in [0.1, 0.15) is 23.7 Å². The maximum Gasteiger partial charge on any atom is 0.341 e. The lowest BCUT2D eigenvalue weighted by Gasteiger charge is -2.30. The number of benzene rings is 1. The molecule has 25 heavy (non-hydrogen) atoms. The minimum Gasteiger partial charge on any atom is -0.477 e. The highest BCUT2D eigenvalue weighted by atomic mass is 19.1. The zero-order valence-corrected chi connectivity index (χ0v) is 13.2. The van der Waals surface area contributed by atoms with Gasteiger partial charge in [-0.05, 0) is 6.07 Å². The largest absolute Gasteiger partial charge is 0.477 e. The number of hydrogen-bond acceptors (Lipinski definition) is 4. The van der Waals surface area contributed by atoms with Gasteiger partial charge in [0.2, 0.25) is 5.43 Å². The third-order valence-electron chi connectivity index (χ3n) is 4.22. The third-order valence-corrected chi connectivity index (χ3v) is 4.22. The Labute approximate surface area is 140 Å². The minimum atomic E-state index is -1.54. The number of carboxylic acid groups (broad SMARTS) is 1. The Balaban J connectivity index is 2.33. The van der Waals surface area contributed by atoms with Gasteiger partial charge in [0.25, 0.3) is 0 Å². The van der Waals surface area contributed by atoms with Gasteiger partial charge in [-0.2, -0.15) is 0 Å². The van der Waals surface area contributed by atoms with Crippen LogP contribution in [0.2, 0.25) is 0 Å². The van der Waals surface area contributed by atoms with Crippen LogP contribution in [0.25, 0.3) is 10.9 Å². The van der Waals surface area contributed by atoms with E-state index in [2.05, 4.69) is 5.32 Å². The molecule has 2 aromatic rings. The molecule has 0 aliphatic carbocycles. The Bertz CT molecular complexity index is 892. The fraction of sp³-hybridized carbons (Fsp3) is 0.375. The fourth-order valence-electron chi connectivity index (χ4n) is 3.07. The topological polar surface area (TPSA) is 74.6 Å². The van der Waals surface area contributed by atoms with Crippen LogP contribution < -0.4 is 15.6 Å². The number of aromatic carboxylic acids is 1. The van der Waals surface area contributed by atoms with E-state index < -0.39 is 40.7 Å². The minimum absolute atomic E-state index is 0.288. The highest BCUT2D eigenvalue weighted by Crippen LogP contribution is 2.30. The normalized spacial score (nSPS) is 14.9. The van der Waals surface area contributed by atoms with E-state index in [1.165, 1.54) is 4.90 Å². The maximum absolute atomic E-state index is 15.1. The van der Waals surface area contributed by atoms with Crippen LogP contribution >= 0.6 is 0 Å². The molecule has 134 valence electrons. The Morgan fingerprint density at radius 1 is 1.28 bits per heavy atom. The number of aromatic nitrogens is 1. The highest BCUT2D eigenvalue weighted by Gasteiger charge is 2.25. The van der Waals surface area contributed by atoms with Crippen LogP contribution in [0.15, 0.2) is 17.1 Å². The monoisotopic (exact) mass is 355 g/mol. The molecule has 1 aromatic carbocycles. The molecule has 3 rings (SSSR count). The summed E-state index contributed by atoms with van der Waals surface area (Å²) in [6.45, 7) is 0.607. The number of pyridine rings is 1. The Kier molecular flexibility index (Phi) is 4.67. The molecule has 2 heterocycles. The summed E-state index contributed by atoms with van der Waals surface area (Å²) in [5, 5.41) is 11.8. The van der Waals surface area contributed by atoms with E-state index >= 15 is 4.39 Å². The van der Waals surface area contributed by atoms with Crippen LogP contribution in [0.5, 0.6) is 0 Å². The van der Waals surface area contributed by atoms with Crippen molar-refractivity contribution >= 4 is 22.6 Å². The van der Waals surface area contributed by atoms with Gasteiger partial charge in [0, 0.05) is 32.4 Å². The summed E-state index contributed by atoms with van der Waals surface area (Å²) in [5.41, 5.74) is -2.23. The summed E-state index contributed by atoms with van der Waals surface area (Å²) in [5.74, 6) is -3.47. The lowest BCUT2D eigenvalue weighted by molar-refractivity contribution is 0.0694. The molecule has 0 unspecified atom stereocenters. The standard InChI is InChI=1S/C16H16F3N3O3/c17-1-4-22-8-10(16(24)25)15(23)9-7-11(18)14(12(19)13(9)22)21-5-2-20-3-6-21/h7-8,20H,1-6H2,(H,24,25). The lowest BCUT2D eigenvalue weighted by atomic mass is 10.1. The molecular formula is C16H16F3N3O3. The fourth-order valence-corrected chi connectivity index (χ4v) is 3.07. The van der Waals surface area contributed by atoms with Gasteiger partial charge in [0.05, 0.1) is 17.4 Å². The first-order chi connectivity index (χ1) is 12.0. The van der Waals surface area contributed by atoms with E-state index in [4.69, 9.17) is 5.11 Å². The Hall–Kier alpha value is -2.55. The van der Waals surface area contributed by atoms with Gasteiger partial charge in [-0.1, -0.05) is 0 Å². The van der Waals surface area contributed by atoms with Crippen molar-refractivity contribution in [2.24, 2.45) is 0 Å². The van der Waals surface area contributed by atoms with E-state index in [1.54, 1.807) is 0 Å². The molecule has 0 bridgehead atoms. The predicted molar refractivity (Wildman–Crippen MR) is 86.1 cm³/mol. The van der Waals surface area contributed by atoms with E-state index in [1.807, 2.05) is 0 Å². The summed E-state index contributed by atoms with van der Waals surface area (Å²) in [6.07, 6.45) is 0.898. The molecular weight excluding hydrogens is 339 g/mol. The predicted octanol–water partition coefficient (Wildman–Crippen LogP) is 1.36. The smallest absolute Gasteiger partial charge is 0.341 e. The van der Waals surface area contributed by atoms with Gasteiger partial charge < -0.3 is 19.9 Å². The summed E-state index contributed by atoms with van der Waals surface area (Å²) < 4.78 is 43.5. The first-order valence-electron chi connectivity index (χ1n) is 7.75. The van der Waals surface area contributed by atoms with Crippen LogP contribution in [0.1, 0.15) is 10.4 Å². The van der Waals surface area contributed by atoms with Crippen molar-refractivity contribution in [1.29, 1.82) is 0 Å². The van der Waals surface area contributed by atoms with Crippen LogP contribution in [0.4, 0.5) is 18.9 Å². The molecule has 0 atom stereocenters. The van der Waals surface area contributed by atoms with E-state index in [-0.39, 0.29) is 17.7 Å². The molecule has 1 aliphatic rings. The number of alkyl halides is 1. The molecule has 1 saturated heterocycles. The Morgan fingerprint density at radius 3 is 2.56 bits per heavy atom. The van der Waals surface area contributed by atoms with E-state index in [0.29, 0.717) is 26.2 Å². The van der Waals surface area contributed by atoms with Crippen molar-refractivity contribution in [1.82, 2.24) is 9.88 Å². The van der Waals surface area contributed by atoms with Gasteiger partial charge in [-0.25, -0.2) is 18.0 Å². The number of hydrogen-bond donors (Lipinski definition) is 2. The number of halogens is 3. The van der Waals surface area contributed by atoms with Gasteiger partial charge >= 0.3 is 5.97 Å². The first kappa shape index (κ1) is 17.3. The number of nitrogens with zero attached hydrogens (tertiary/aromatic N) is 2. The number of aryl methyl sites for hydroxylation is 1. The Morgan fingerprint density at radius 2 is 1.96 bits per heavy atom. The second-order valence-electron chi connectivity index (χ2n) is 5.71. The zero-order chi connectivity index (χ0) is 18.1. The van der Waals surface area contributed by atoms with E-state index in [9.17, 15) is 18.4 Å². The molecule has 2 N–H and O–H groups in total. The average molecular weight is 355 g/mol. The van der Waals surface area contributed by atoms with Crippen molar-refractivity contribution in [2.45, 2.75) is 6.54 Å². The molecule has 6 nitrogen and oxygen atoms in total. The molecule has 1 fully saturated rings. The molecule has 0 spiro atoms. The summed E-state index contributed by atoms with van der Waals surface area (Å²) in [7, 11) is 0. The molecule has 0 amide bonds. The number of rotatable bonds is 4.